The van der Waals surface area contributed by atoms with Crippen molar-refractivity contribution in [3.8, 4) is 0 Å². The minimum atomic E-state index is -1.05. The molecule has 0 aliphatic heterocycles. The van der Waals surface area contributed by atoms with E-state index in [1.165, 1.54) is 6.07 Å². The SMILES string of the molecule is CNc1ccc2cc(C(=O)O)oc2c1. The van der Waals surface area contributed by atoms with Gasteiger partial charge in [0, 0.05) is 24.2 Å². The molecule has 0 spiro atoms. The Labute approximate surface area is 80.1 Å². The van der Waals surface area contributed by atoms with E-state index in [1.807, 2.05) is 12.1 Å². The lowest BCUT2D eigenvalue weighted by molar-refractivity contribution is 0.0665. The molecule has 72 valence electrons. The van der Waals surface area contributed by atoms with Gasteiger partial charge in [-0.2, -0.15) is 0 Å². The molecular formula is C10H9NO3. The van der Waals surface area contributed by atoms with Crippen molar-refractivity contribution in [2.75, 3.05) is 12.4 Å². The van der Waals surface area contributed by atoms with Gasteiger partial charge in [0.05, 0.1) is 0 Å². The summed E-state index contributed by atoms with van der Waals surface area (Å²) in [7, 11) is 1.79. The number of aromatic carboxylic acids is 1. The van der Waals surface area contributed by atoms with Crippen LogP contribution in [0.4, 0.5) is 5.69 Å². The van der Waals surface area contributed by atoms with E-state index in [1.54, 1.807) is 13.1 Å². The van der Waals surface area contributed by atoms with Crippen LogP contribution in [0.25, 0.3) is 11.0 Å². The number of carboxylic acids is 1. The quantitative estimate of drug-likeness (QED) is 0.763. The minimum Gasteiger partial charge on any atom is -0.475 e. The third-order valence-corrected chi connectivity index (χ3v) is 2.02. The van der Waals surface area contributed by atoms with Gasteiger partial charge in [-0.3, -0.25) is 0 Å². The van der Waals surface area contributed by atoms with E-state index >= 15 is 0 Å². The van der Waals surface area contributed by atoms with E-state index in [2.05, 4.69) is 5.32 Å². The molecule has 1 aromatic heterocycles. The highest BCUT2D eigenvalue weighted by Gasteiger charge is 2.09. The Balaban J connectivity index is 2.60. The van der Waals surface area contributed by atoms with E-state index < -0.39 is 5.97 Å². The first-order chi connectivity index (χ1) is 6.70. The molecule has 1 aromatic carbocycles. The first-order valence-corrected chi connectivity index (χ1v) is 4.15. The molecule has 0 saturated heterocycles. The number of anilines is 1. The Morgan fingerprint density at radius 3 is 2.86 bits per heavy atom. The second-order valence-corrected chi connectivity index (χ2v) is 2.92. The van der Waals surface area contributed by atoms with E-state index in [0.29, 0.717) is 5.58 Å². The van der Waals surface area contributed by atoms with Crippen LogP contribution in [0.15, 0.2) is 28.7 Å². The Hall–Kier alpha value is -1.97. The molecule has 0 radical (unpaired) electrons. The van der Waals surface area contributed by atoms with Crippen molar-refractivity contribution in [3.63, 3.8) is 0 Å². The van der Waals surface area contributed by atoms with Crippen molar-refractivity contribution in [2.24, 2.45) is 0 Å². The van der Waals surface area contributed by atoms with Crippen LogP contribution in [0.5, 0.6) is 0 Å². The third-order valence-electron chi connectivity index (χ3n) is 2.02. The predicted octanol–water partition coefficient (Wildman–Crippen LogP) is 2.17. The highest BCUT2D eigenvalue weighted by Crippen LogP contribution is 2.22. The molecule has 0 amide bonds. The minimum absolute atomic E-state index is 0.0340. The molecule has 0 atom stereocenters. The largest absolute Gasteiger partial charge is 0.475 e. The normalized spacial score (nSPS) is 10.4. The maximum absolute atomic E-state index is 10.6. The zero-order valence-corrected chi connectivity index (χ0v) is 7.57. The summed E-state index contributed by atoms with van der Waals surface area (Å²) in [6.07, 6.45) is 0. The molecule has 2 N–H and O–H groups in total. The van der Waals surface area contributed by atoms with E-state index in [9.17, 15) is 4.79 Å². The van der Waals surface area contributed by atoms with Crippen molar-refractivity contribution >= 4 is 22.6 Å². The van der Waals surface area contributed by atoms with Gasteiger partial charge in [-0.1, -0.05) is 0 Å². The van der Waals surface area contributed by atoms with Crippen LogP contribution in [0.2, 0.25) is 0 Å². The van der Waals surface area contributed by atoms with Gasteiger partial charge in [-0.15, -0.1) is 0 Å². The lowest BCUT2D eigenvalue weighted by Crippen LogP contribution is -1.91. The molecule has 0 bridgehead atoms. The number of carboxylic acid groups (broad SMARTS) is 1. The molecule has 0 unspecified atom stereocenters. The summed E-state index contributed by atoms with van der Waals surface area (Å²) in [4.78, 5) is 10.6. The van der Waals surface area contributed by atoms with E-state index in [-0.39, 0.29) is 5.76 Å². The maximum Gasteiger partial charge on any atom is 0.371 e. The van der Waals surface area contributed by atoms with Gasteiger partial charge in [0.25, 0.3) is 0 Å². The summed E-state index contributed by atoms with van der Waals surface area (Å²) in [5.41, 5.74) is 1.47. The Bertz CT molecular complexity index is 487. The summed E-state index contributed by atoms with van der Waals surface area (Å²) in [5, 5.41) is 12.4. The summed E-state index contributed by atoms with van der Waals surface area (Å²) in [6.45, 7) is 0. The van der Waals surface area contributed by atoms with Crippen molar-refractivity contribution in [1.82, 2.24) is 0 Å². The van der Waals surface area contributed by atoms with Gasteiger partial charge in [-0.25, -0.2) is 4.79 Å². The summed E-state index contributed by atoms with van der Waals surface area (Å²) >= 11 is 0. The van der Waals surface area contributed by atoms with E-state index in [4.69, 9.17) is 9.52 Å². The van der Waals surface area contributed by atoms with Crippen LogP contribution >= 0.6 is 0 Å². The van der Waals surface area contributed by atoms with Crippen LogP contribution in [0.1, 0.15) is 10.6 Å². The van der Waals surface area contributed by atoms with Gasteiger partial charge >= 0.3 is 5.97 Å². The molecule has 0 aliphatic rings. The second kappa shape index (κ2) is 3.06. The van der Waals surface area contributed by atoms with Crippen molar-refractivity contribution in [2.45, 2.75) is 0 Å². The smallest absolute Gasteiger partial charge is 0.371 e. The summed E-state index contributed by atoms with van der Waals surface area (Å²) in [5.74, 6) is -1.08. The van der Waals surface area contributed by atoms with Gasteiger partial charge in [-0.05, 0) is 18.2 Å². The number of hydrogen-bond acceptors (Lipinski definition) is 3. The molecule has 4 nitrogen and oxygen atoms in total. The average molecular weight is 191 g/mol. The molecule has 14 heavy (non-hydrogen) atoms. The zero-order chi connectivity index (χ0) is 10.1. The molecule has 0 saturated carbocycles. The van der Waals surface area contributed by atoms with Gasteiger partial charge in [0.15, 0.2) is 0 Å². The second-order valence-electron chi connectivity index (χ2n) is 2.92. The standard InChI is InChI=1S/C10H9NO3/c1-11-7-3-2-6-4-9(10(12)13)14-8(6)5-7/h2-5,11H,1H3,(H,12,13). The van der Waals surface area contributed by atoms with Crippen molar-refractivity contribution < 1.29 is 14.3 Å². The summed E-state index contributed by atoms with van der Waals surface area (Å²) < 4.78 is 5.13. The fourth-order valence-electron chi connectivity index (χ4n) is 1.29. The highest BCUT2D eigenvalue weighted by atomic mass is 16.4. The zero-order valence-electron chi connectivity index (χ0n) is 7.57. The number of fused-ring (bicyclic) bond motifs is 1. The van der Waals surface area contributed by atoms with Gasteiger partial charge < -0.3 is 14.8 Å². The van der Waals surface area contributed by atoms with Crippen LogP contribution < -0.4 is 5.32 Å². The Morgan fingerprint density at radius 2 is 2.21 bits per heavy atom. The lowest BCUT2D eigenvalue weighted by atomic mass is 10.2. The molecule has 1 heterocycles. The predicted molar refractivity (Wildman–Crippen MR) is 52.7 cm³/mol. The Kier molecular flexibility index (Phi) is 1.89. The first-order valence-electron chi connectivity index (χ1n) is 4.15. The number of carbonyl (C=O) groups is 1. The topological polar surface area (TPSA) is 62.5 Å². The van der Waals surface area contributed by atoms with E-state index in [0.717, 1.165) is 11.1 Å². The van der Waals surface area contributed by atoms with Crippen LogP contribution in [0.3, 0.4) is 0 Å². The number of nitrogens with one attached hydrogen (secondary N) is 1. The van der Waals surface area contributed by atoms with Crippen molar-refractivity contribution in [1.29, 1.82) is 0 Å². The Morgan fingerprint density at radius 1 is 1.43 bits per heavy atom. The number of furan rings is 1. The molecule has 4 heteroatoms. The average Bonchev–Trinajstić information content (AvgIpc) is 2.59. The number of benzene rings is 1. The molecular weight excluding hydrogens is 182 g/mol. The first kappa shape index (κ1) is 8.62. The number of hydrogen-bond donors (Lipinski definition) is 2. The number of rotatable bonds is 2. The lowest BCUT2D eigenvalue weighted by Gasteiger charge is -1.96. The van der Waals surface area contributed by atoms with Gasteiger partial charge in [0.2, 0.25) is 5.76 Å². The van der Waals surface area contributed by atoms with Crippen LogP contribution in [-0.2, 0) is 0 Å². The van der Waals surface area contributed by atoms with Crippen molar-refractivity contribution in [3.05, 3.63) is 30.0 Å². The monoisotopic (exact) mass is 191 g/mol. The van der Waals surface area contributed by atoms with Crippen LogP contribution in [0, 0.1) is 0 Å². The molecule has 2 rings (SSSR count). The maximum atomic E-state index is 10.6. The molecule has 0 aliphatic carbocycles. The summed E-state index contributed by atoms with van der Waals surface area (Å²) in [6, 6.07) is 6.96. The fourth-order valence-corrected chi connectivity index (χ4v) is 1.29. The third kappa shape index (κ3) is 1.31. The van der Waals surface area contributed by atoms with Crippen LogP contribution in [-0.4, -0.2) is 18.1 Å². The highest BCUT2D eigenvalue weighted by molar-refractivity contribution is 5.92. The fraction of sp³-hybridized carbons (Fsp3) is 0.100. The molecule has 2 aromatic rings. The molecule has 0 fully saturated rings. The van der Waals surface area contributed by atoms with Gasteiger partial charge in [0.1, 0.15) is 5.58 Å².